The highest BCUT2D eigenvalue weighted by atomic mass is 16.7. The number of esters is 1. The predicted octanol–water partition coefficient (Wildman–Crippen LogP) is 3.15. The summed E-state index contributed by atoms with van der Waals surface area (Å²) in [5.74, 6) is 0.222. The summed E-state index contributed by atoms with van der Waals surface area (Å²) in [4.78, 5) is 24.9. The van der Waals surface area contributed by atoms with Gasteiger partial charge < -0.3 is 19.5 Å². The maximum Gasteiger partial charge on any atom is 0.339 e. The average Bonchev–Trinajstić information content (AvgIpc) is 3.16. The van der Waals surface area contributed by atoms with E-state index in [9.17, 15) is 9.59 Å². The van der Waals surface area contributed by atoms with E-state index in [0.717, 1.165) is 24.8 Å². The van der Waals surface area contributed by atoms with Crippen LogP contribution in [0.3, 0.4) is 0 Å². The van der Waals surface area contributed by atoms with E-state index in [-0.39, 0.29) is 18.7 Å². The first-order chi connectivity index (χ1) is 13.1. The molecule has 27 heavy (non-hydrogen) atoms. The number of rotatable bonds is 4. The second-order valence-corrected chi connectivity index (χ2v) is 6.77. The molecule has 0 fully saturated rings. The van der Waals surface area contributed by atoms with E-state index in [1.165, 1.54) is 5.56 Å². The summed E-state index contributed by atoms with van der Waals surface area (Å²) in [5.41, 5.74) is 2.73. The van der Waals surface area contributed by atoms with Crippen LogP contribution in [0.15, 0.2) is 42.5 Å². The van der Waals surface area contributed by atoms with Crippen molar-refractivity contribution in [1.82, 2.24) is 5.32 Å². The van der Waals surface area contributed by atoms with Crippen molar-refractivity contribution in [2.75, 3.05) is 6.79 Å². The number of ether oxygens (including phenoxy) is 3. The fraction of sp³-hybridized carbons (Fsp3) is 0.333. The maximum absolute atomic E-state index is 12.5. The SMILES string of the molecule is C[C@H](OC(=O)c1ccc2c(c1)OCO2)C(=O)N[C@@H]1CCCc2ccccc21. The molecule has 2 aromatic rings. The van der Waals surface area contributed by atoms with Crippen molar-refractivity contribution in [2.24, 2.45) is 0 Å². The summed E-state index contributed by atoms with van der Waals surface area (Å²) in [6, 6.07) is 12.9. The molecule has 0 saturated heterocycles. The van der Waals surface area contributed by atoms with E-state index in [2.05, 4.69) is 11.4 Å². The standard InChI is InChI=1S/C21H21NO5/c1-13(27-21(24)15-9-10-18-19(11-15)26-12-25-18)20(23)22-17-8-4-6-14-5-2-3-7-16(14)17/h2-3,5,7,9-11,13,17H,4,6,8,12H2,1H3,(H,22,23)/t13-,17+/m0/s1. The molecular formula is C21H21NO5. The topological polar surface area (TPSA) is 73.9 Å². The number of hydrogen-bond donors (Lipinski definition) is 1. The Balaban J connectivity index is 1.39. The minimum atomic E-state index is -0.892. The van der Waals surface area contributed by atoms with E-state index in [1.807, 2.05) is 18.2 Å². The molecule has 2 atom stereocenters. The van der Waals surface area contributed by atoms with Gasteiger partial charge in [0.1, 0.15) is 0 Å². The third-order valence-corrected chi connectivity index (χ3v) is 4.95. The molecular weight excluding hydrogens is 346 g/mol. The first-order valence-corrected chi connectivity index (χ1v) is 9.10. The van der Waals surface area contributed by atoms with E-state index in [4.69, 9.17) is 14.2 Å². The van der Waals surface area contributed by atoms with Crippen LogP contribution < -0.4 is 14.8 Å². The van der Waals surface area contributed by atoms with Gasteiger partial charge in [-0.3, -0.25) is 4.79 Å². The molecule has 1 amide bonds. The van der Waals surface area contributed by atoms with Crippen molar-refractivity contribution in [3.05, 3.63) is 59.2 Å². The average molecular weight is 367 g/mol. The minimum absolute atomic E-state index is 0.0471. The molecule has 0 bridgehead atoms. The maximum atomic E-state index is 12.5. The summed E-state index contributed by atoms with van der Waals surface area (Å²) >= 11 is 0. The summed E-state index contributed by atoms with van der Waals surface area (Å²) < 4.78 is 15.8. The first-order valence-electron chi connectivity index (χ1n) is 9.10. The molecule has 6 nitrogen and oxygen atoms in total. The van der Waals surface area contributed by atoms with Crippen molar-refractivity contribution >= 4 is 11.9 Å². The molecule has 1 heterocycles. The number of amides is 1. The number of benzene rings is 2. The van der Waals surface area contributed by atoms with Crippen LogP contribution in [0.1, 0.15) is 47.3 Å². The molecule has 0 spiro atoms. The van der Waals surface area contributed by atoms with Crippen molar-refractivity contribution in [3.8, 4) is 11.5 Å². The van der Waals surface area contributed by atoms with Crippen LogP contribution in [0.25, 0.3) is 0 Å². The van der Waals surface area contributed by atoms with Crippen molar-refractivity contribution in [2.45, 2.75) is 38.3 Å². The number of fused-ring (bicyclic) bond motifs is 2. The number of hydrogen-bond acceptors (Lipinski definition) is 5. The van der Waals surface area contributed by atoms with E-state index >= 15 is 0 Å². The molecule has 140 valence electrons. The van der Waals surface area contributed by atoms with Crippen LogP contribution in [0.4, 0.5) is 0 Å². The zero-order chi connectivity index (χ0) is 18.8. The highest BCUT2D eigenvalue weighted by Gasteiger charge is 2.26. The molecule has 0 unspecified atom stereocenters. The van der Waals surface area contributed by atoms with Gasteiger partial charge in [0, 0.05) is 0 Å². The number of carbonyl (C=O) groups is 2. The fourth-order valence-corrected chi connectivity index (χ4v) is 3.50. The van der Waals surface area contributed by atoms with Gasteiger partial charge in [-0.25, -0.2) is 4.79 Å². The van der Waals surface area contributed by atoms with Crippen molar-refractivity contribution in [1.29, 1.82) is 0 Å². The third kappa shape index (κ3) is 3.60. The minimum Gasteiger partial charge on any atom is -0.454 e. The molecule has 4 rings (SSSR count). The van der Waals surface area contributed by atoms with E-state index in [1.54, 1.807) is 25.1 Å². The molecule has 1 N–H and O–H groups in total. The number of carbonyl (C=O) groups excluding carboxylic acids is 2. The lowest BCUT2D eigenvalue weighted by atomic mass is 9.87. The first kappa shape index (κ1) is 17.4. The van der Waals surface area contributed by atoms with Crippen LogP contribution in [0, 0.1) is 0 Å². The monoisotopic (exact) mass is 367 g/mol. The van der Waals surface area contributed by atoms with Crippen LogP contribution in [-0.4, -0.2) is 24.8 Å². The van der Waals surface area contributed by atoms with Gasteiger partial charge in [0.05, 0.1) is 11.6 Å². The lowest BCUT2D eigenvalue weighted by molar-refractivity contribution is -0.130. The third-order valence-electron chi connectivity index (χ3n) is 4.95. The van der Waals surface area contributed by atoms with Gasteiger partial charge in [-0.05, 0) is 55.5 Å². The lowest BCUT2D eigenvalue weighted by Gasteiger charge is -2.27. The smallest absolute Gasteiger partial charge is 0.339 e. The number of nitrogens with one attached hydrogen (secondary N) is 1. The second kappa shape index (κ2) is 7.31. The molecule has 6 heteroatoms. The van der Waals surface area contributed by atoms with Gasteiger partial charge in [-0.15, -0.1) is 0 Å². The van der Waals surface area contributed by atoms with Gasteiger partial charge in [0.2, 0.25) is 6.79 Å². The Kier molecular flexibility index (Phi) is 4.71. The van der Waals surface area contributed by atoms with E-state index in [0.29, 0.717) is 17.1 Å². The largest absolute Gasteiger partial charge is 0.454 e. The fourth-order valence-electron chi connectivity index (χ4n) is 3.50. The van der Waals surface area contributed by atoms with Crippen molar-refractivity contribution < 1.29 is 23.8 Å². The number of aryl methyl sites for hydroxylation is 1. The Bertz CT molecular complexity index is 879. The highest BCUT2D eigenvalue weighted by molar-refractivity contribution is 5.93. The molecule has 0 aromatic heterocycles. The second-order valence-electron chi connectivity index (χ2n) is 6.77. The van der Waals surface area contributed by atoms with Crippen LogP contribution >= 0.6 is 0 Å². The Labute approximate surface area is 157 Å². The predicted molar refractivity (Wildman–Crippen MR) is 97.7 cm³/mol. The Morgan fingerprint density at radius 2 is 1.96 bits per heavy atom. The molecule has 2 aromatic carbocycles. The molecule has 2 aliphatic rings. The Hall–Kier alpha value is -3.02. The van der Waals surface area contributed by atoms with Gasteiger partial charge in [0.25, 0.3) is 5.91 Å². The molecule has 1 aliphatic heterocycles. The van der Waals surface area contributed by atoms with Crippen LogP contribution in [-0.2, 0) is 16.0 Å². The van der Waals surface area contributed by atoms with Gasteiger partial charge in [0.15, 0.2) is 17.6 Å². The molecule has 1 aliphatic carbocycles. The summed E-state index contributed by atoms with van der Waals surface area (Å²) in [6.45, 7) is 1.71. The van der Waals surface area contributed by atoms with Crippen molar-refractivity contribution in [3.63, 3.8) is 0 Å². The Morgan fingerprint density at radius 1 is 1.15 bits per heavy atom. The van der Waals surface area contributed by atoms with Gasteiger partial charge >= 0.3 is 5.97 Å². The summed E-state index contributed by atoms with van der Waals surface area (Å²) in [7, 11) is 0. The zero-order valence-corrected chi connectivity index (χ0v) is 15.1. The van der Waals surface area contributed by atoms with E-state index < -0.39 is 12.1 Å². The normalized spacial score (nSPS) is 18.3. The molecule has 0 radical (unpaired) electrons. The lowest BCUT2D eigenvalue weighted by Crippen LogP contribution is -2.39. The quantitative estimate of drug-likeness (QED) is 0.841. The Morgan fingerprint density at radius 3 is 2.85 bits per heavy atom. The van der Waals surface area contributed by atoms with Gasteiger partial charge in [-0.2, -0.15) is 0 Å². The highest BCUT2D eigenvalue weighted by Crippen LogP contribution is 2.33. The van der Waals surface area contributed by atoms with Crippen LogP contribution in [0.5, 0.6) is 11.5 Å². The van der Waals surface area contributed by atoms with Crippen LogP contribution in [0.2, 0.25) is 0 Å². The summed E-state index contributed by atoms with van der Waals surface area (Å²) in [5, 5.41) is 3.01. The molecule has 0 saturated carbocycles. The zero-order valence-electron chi connectivity index (χ0n) is 15.1. The summed E-state index contributed by atoms with van der Waals surface area (Å²) in [6.07, 6.45) is 2.04. The van der Waals surface area contributed by atoms with Gasteiger partial charge in [-0.1, -0.05) is 24.3 Å².